The number of nitrogens with two attached hydrogens (primary N) is 2. The van der Waals surface area contributed by atoms with E-state index in [2.05, 4.69) is 14.9 Å². The average Bonchev–Trinajstić information content (AvgIpc) is 2.23. The summed E-state index contributed by atoms with van der Waals surface area (Å²) in [6, 6.07) is 0. The summed E-state index contributed by atoms with van der Waals surface area (Å²) >= 11 is 0. The van der Waals surface area contributed by atoms with Crippen LogP contribution in [0.25, 0.3) is 0 Å². The second-order valence-corrected chi connectivity index (χ2v) is 3.56. The third-order valence-electron chi connectivity index (χ3n) is 2.47. The van der Waals surface area contributed by atoms with Gasteiger partial charge in [-0.15, -0.1) is 0 Å². The van der Waals surface area contributed by atoms with Crippen molar-refractivity contribution in [2.24, 2.45) is 0 Å². The van der Waals surface area contributed by atoms with Crippen molar-refractivity contribution < 1.29 is 0 Å². The Morgan fingerprint density at radius 1 is 1.14 bits per heavy atom. The minimum atomic E-state index is 0.376. The number of piperidine rings is 1. The largest absolute Gasteiger partial charge is 0.394 e. The minimum absolute atomic E-state index is 0.376. The Morgan fingerprint density at radius 2 is 1.86 bits per heavy atom. The van der Waals surface area contributed by atoms with Crippen LogP contribution in [0.3, 0.4) is 0 Å². The van der Waals surface area contributed by atoms with Gasteiger partial charge in [0.15, 0.2) is 5.82 Å². The van der Waals surface area contributed by atoms with E-state index < -0.39 is 0 Å². The fourth-order valence-corrected chi connectivity index (χ4v) is 1.64. The molecule has 0 unspecified atom stereocenters. The van der Waals surface area contributed by atoms with Gasteiger partial charge >= 0.3 is 0 Å². The van der Waals surface area contributed by atoms with Gasteiger partial charge in [-0.2, -0.15) is 4.98 Å². The van der Waals surface area contributed by atoms with E-state index in [1.165, 1.54) is 19.3 Å². The Bertz CT molecular complexity index is 319. The van der Waals surface area contributed by atoms with Gasteiger partial charge in [0, 0.05) is 13.1 Å². The zero-order valence-corrected chi connectivity index (χ0v) is 8.11. The van der Waals surface area contributed by atoms with Crippen molar-refractivity contribution in [2.75, 3.05) is 29.5 Å². The Balaban J connectivity index is 2.18. The maximum Gasteiger partial charge on any atom is 0.227 e. The molecule has 4 N–H and O–H groups in total. The highest BCUT2D eigenvalue weighted by atomic mass is 15.3. The molecule has 0 aromatic carbocycles. The lowest BCUT2D eigenvalue weighted by atomic mass is 10.1. The molecule has 0 saturated carbocycles. The van der Waals surface area contributed by atoms with Gasteiger partial charge < -0.3 is 16.4 Å². The van der Waals surface area contributed by atoms with E-state index >= 15 is 0 Å². The van der Waals surface area contributed by atoms with Crippen molar-refractivity contribution in [1.82, 2.24) is 9.97 Å². The van der Waals surface area contributed by atoms with E-state index in [0.717, 1.165) is 13.1 Å². The fraction of sp³-hybridized carbons (Fsp3) is 0.556. The molecule has 1 aliphatic heterocycles. The molecule has 14 heavy (non-hydrogen) atoms. The van der Waals surface area contributed by atoms with Crippen LogP contribution in [0.2, 0.25) is 0 Å². The molecular weight excluding hydrogens is 178 g/mol. The van der Waals surface area contributed by atoms with E-state index in [-0.39, 0.29) is 0 Å². The van der Waals surface area contributed by atoms with Crippen molar-refractivity contribution in [3.05, 3.63) is 6.20 Å². The predicted octanol–water partition coefficient (Wildman–Crippen LogP) is 0.631. The summed E-state index contributed by atoms with van der Waals surface area (Å²) in [7, 11) is 0. The van der Waals surface area contributed by atoms with Gasteiger partial charge in [-0.3, -0.25) is 0 Å². The molecule has 0 spiro atoms. The number of rotatable bonds is 1. The number of hydrogen-bond donors (Lipinski definition) is 2. The second kappa shape index (κ2) is 3.69. The lowest BCUT2D eigenvalue weighted by Gasteiger charge is -2.26. The quantitative estimate of drug-likeness (QED) is 0.683. The zero-order valence-electron chi connectivity index (χ0n) is 8.11. The van der Waals surface area contributed by atoms with Gasteiger partial charge in [-0.05, 0) is 19.3 Å². The van der Waals surface area contributed by atoms with E-state index in [9.17, 15) is 0 Å². The molecule has 5 nitrogen and oxygen atoms in total. The molecule has 0 bridgehead atoms. The van der Waals surface area contributed by atoms with E-state index in [1.54, 1.807) is 6.20 Å². The molecule has 1 aromatic heterocycles. The normalized spacial score (nSPS) is 17.0. The molecule has 0 radical (unpaired) electrons. The second-order valence-electron chi connectivity index (χ2n) is 3.56. The SMILES string of the molecule is Nc1cnc(N2CCCCC2)nc1N. The number of nitrogens with zero attached hydrogens (tertiary/aromatic N) is 3. The summed E-state index contributed by atoms with van der Waals surface area (Å²) in [4.78, 5) is 10.5. The molecule has 76 valence electrons. The van der Waals surface area contributed by atoms with E-state index in [4.69, 9.17) is 11.5 Å². The predicted molar refractivity (Wildman–Crippen MR) is 56.9 cm³/mol. The van der Waals surface area contributed by atoms with Gasteiger partial charge in [0.2, 0.25) is 5.95 Å². The van der Waals surface area contributed by atoms with Gasteiger partial charge in [-0.1, -0.05) is 0 Å². The first kappa shape index (κ1) is 9.05. The Morgan fingerprint density at radius 3 is 2.50 bits per heavy atom. The van der Waals surface area contributed by atoms with Crippen molar-refractivity contribution in [1.29, 1.82) is 0 Å². The Kier molecular flexibility index (Phi) is 2.39. The van der Waals surface area contributed by atoms with Crippen LogP contribution in [-0.4, -0.2) is 23.1 Å². The van der Waals surface area contributed by atoms with Crippen molar-refractivity contribution in [2.45, 2.75) is 19.3 Å². The number of aromatic nitrogens is 2. The van der Waals surface area contributed by atoms with Gasteiger partial charge in [0.25, 0.3) is 0 Å². The van der Waals surface area contributed by atoms with Crippen LogP contribution in [0.5, 0.6) is 0 Å². The van der Waals surface area contributed by atoms with Crippen LogP contribution >= 0.6 is 0 Å². The molecule has 1 aromatic rings. The molecule has 1 aliphatic rings. The summed E-state index contributed by atoms with van der Waals surface area (Å²) in [5.41, 5.74) is 11.6. The first-order valence-corrected chi connectivity index (χ1v) is 4.90. The minimum Gasteiger partial charge on any atom is -0.394 e. The highest BCUT2D eigenvalue weighted by Gasteiger charge is 2.13. The van der Waals surface area contributed by atoms with E-state index in [1.807, 2.05) is 0 Å². The van der Waals surface area contributed by atoms with Crippen molar-refractivity contribution in [3.8, 4) is 0 Å². The third kappa shape index (κ3) is 1.71. The van der Waals surface area contributed by atoms with Crippen LogP contribution in [0.1, 0.15) is 19.3 Å². The maximum absolute atomic E-state index is 5.62. The lowest BCUT2D eigenvalue weighted by Crippen LogP contribution is -2.31. The Hall–Kier alpha value is -1.52. The molecule has 0 aliphatic carbocycles. The molecule has 2 rings (SSSR count). The van der Waals surface area contributed by atoms with Crippen LogP contribution in [0.4, 0.5) is 17.5 Å². The lowest BCUT2D eigenvalue weighted by molar-refractivity contribution is 0.568. The summed E-state index contributed by atoms with van der Waals surface area (Å²) in [6.07, 6.45) is 5.27. The molecule has 2 heterocycles. The molecule has 1 fully saturated rings. The highest BCUT2D eigenvalue weighted by Crippen LogP contribution is 2.18. The van der Waals surface area contributed by atoms with Crippen molar-refractivity contribution in [3.63, 3.8) is 0 Å². The fourth-order valence-electron chi connectivity index (χ4n) is 1.64. The molecular formula is C9H15N5. The smallest absolute Gasteiger partial charge is 0.227 e. The topological polar surface area (TPSA) is 81.1 Å². The van der Waals surface area contributed by atoms with Crippen LogP contribution < -0.4 is 16.4 Å². The first-order chi connectivity index (χ1) is 6.77. The van der Waals surface area contributed by atoms with Crippen molar-refractivity contribution >= 4 is 17.5 Å². The van der Waals surface area contributed by atoms with Gasteiger partial charge in [0.1, 0.15) is 0 Å². The Labute approximate surface area is 83.1 Å². The standard InChI is InChI=1S/C9H15N5/c10-7-6-12-9(13-8(7)11)14-4-2-1-3-5-14/h6H,1-5,10H2,(H2,11,12,13). The molecule has 1 saturated heterocycles. The monoisotopic (exact) mass is 193 g/mol. The van der Waals surface area contributed by atoms with Gasteiger partial charge in [0.05, 0.1) is 11.9 Å². The van der Waals surface area contributed by atoms with Gasteiger partial charge in [-0.25, -0.2) is 4.98 Å². The number of anilines is 3. The first-order valence-electron chi connectivity index (χ1n) is 4.90. The summed E-state index contributed by atoms with van der Waals surface area (Å²) in [5.74, 6) is 1.08. The summed E-state index contributed by atoms with van der Waals surface area (Å²) in [5, 5.41) is 0. The molecule has 5 heteroatoms. The zero-order chi connectivity index (χ0) is 9.97. The highest BCUT2D eigenvalue weighted by molar-refractivity contribution is 5.58. The average molecular weight is 193 g/mol. The maximum atomic E-state index is 5.62. The summed E-state index contributed by atoms with van der Waals surface area (Å²) in [6.45, 7) is 2.03. The third-order valence-corrected chi connectivity index (χ3v) is 2.47. The van der Waals surface area contributed by atoms with Crippen LogP contribution in [-0.2, 0) is 0 Å². The summed E-state index contributed by atoms with van der Waals surface area (Å²) < 4.78 is 0. The number of hydrogen-bond acceptors (Lipinski definition) is 5. The van der Waals surface area contributed by atoms with Crippen LogP contribution in [0.15, 0.2) is 6.20 Å². The molecule has 0 amide bonds. The molecule has 0 atom stereocenters. The number of nitrogen functional groups attached to an aromatic ring is 2. The van der Waals surface area contributed by atoms with E-state index in [0.29, 0.717) is 17.5 Å². The van der Waals surface area contributed by atoms with Crippen LogP contribution in [0, 0.1) is 0 Å².